The van der Waals surface area contributed by atoms with Crippen molar-refractivity contribution in [1.82, 2.24) is 15.1 Å². The number of piperidine rings is 1. The van der Waals surface area contributed by atoms with Crippen molar-refractivity contribution in [3.05, 3.63) is 0 Å². The fourth-order valence-electron chi connectivity index (χ4n) is 3.13. The lowest BCUT2D eigenvalue weighted by molar-refractivity contribution is -0.134. The van der Waals surface area contributed by atoms with Crippen molar-refractivity contribution in [3.63, 3.8) is 0 Å². The Morgan fingerprint density at radius 2 is 1.81 bits per heavy atom. The largest absolute Gasteiger partial charge is 0.356 e. The van der Waals surface area contributed by atoms with Crippen LogP contribution in [0.1, 0.15) is 39.0 Å². The Hall–Kier alpha value is -1.10. The number of nitrogens with zero attached hydrogens (tertiary/aromatic N) is 2. The summed E-state index contributed by atoms with van der Waals surface area (Å²) < 4.78 is 0. The molecule has 2 amide bonds. The average molecular weight is 295 g/mol. The number of amides is 2. The monoisotopic (exact) mass is 295 g/mol. The first kappa shape index (κ1) is 16.3. The third kappa shape index (κ3) is 4.19. The van der Waals surface area contributed by atoms with Crippen molar-refractivity contribution in [3.8, 4) is 0 Å². The van der Waals surface area contributed by atoms with Gasteiger partial charge in [0, 0.05) is 26.6 Å². The lowest BCUT2D eigenvalue weighted by Crippen LogP contribution is -2.49. The molecule has 0 bridgehead atoms. The minimum Gasteiger partial charge on any atom is -0.356 e. The second kappa shape index (κ2) is 7.25. The number of carbonyl (C=O) groups excluding carboxylic acids is 2. The molecule has 1 aliphatic carbocycles. The first-order chi connectivity index (χ1) is 9.99. The van der Waals surface area contributed by atoms with Crippen LogP contribution in [0.5, 0.6) is 0 Å². The smallest absolute Gasteiger partial charge is 0.239 e. The van der Waals surface area contributed by atoms with Crippen LogP contribution in [0.3, 0.4) is 0 Å². The molecule has 2 rings (SSSR count). The van der Waals surface area contributed by atoms with Crippen LogP contribution in [0.2, 0.25) is 0 Å². The van der Waals surface area contributed by atoms with Crippen molar-refractivity contribution >= 4 is 11.8 Å². The summed E-state index contributed by atoms with van der Waals surface area (Å²) in [6, 6.07) is -0.0366. The highest BCUT2D eigenvalue weighted by Crippen LogP contribution is 2.26. The van der Waals surface area contributed by atoms with E-state index in [4.69, 9.17) is 0 Å². The zero-order valence-electron chi connectivity index (χ0n) is 13.6. The van der Waals surface area contributed by atoms with E-state index >= 15 is 0 Å². The van der Waals surface area contributed by atoms with Gasteiger partial charge in [0.15, 0.2) is 0 Å². The minimum absolute atomic E-state index is 0.0366. The predicted molar refractivity (Wildman–Crippen MR) is 82.8 cm³/mol. The number of likely N-dealkylation sites (N-methyl/N-ethyl adjacent to an activating group) is 1. The molecule has 5 heteroatoms. The molecule has 0 spiro atoms. The molecule has 2 aliphatic rings. The molecule has 0 aromatic rings. The van der Waals surface area contributed by atoms with Crippen molar-refractivity contribution < 1.29 is 9.59 Å². The van der Waals surface area contributed by atoms with Gasteiger partial charge in [-0.2, -0.15) is 0 Å². The summed E-state index contributed by atoms with van der Waals surface area (Å²) in [5, 5.41) is 3.11. The van der Waals surface area contributed by atoms with Crippen LogP contribution in [-0.2, 0) is 9.59 Å². The van der Waals surface area contributed by atoms with Gasteiger partial charge in [0.05, 0.1) is 6.04 Å². The topological polar surface area (TPSA) is 52.7 Å². The van der Waals surface area contributed by atoms with E-state index in [1.807, 2.05) is 21.0 Å². The van der Waals surface area contributed by atoms with Gasteiger partial charge in [-0.3, -0.25) is 14.5 Å². The first-order valence-corrected chi connectivity index (χ1v) is 8.22. The highest BCUT2D eigenvalue weighted by atomic mass is 16.2. The molecule has 2 fully saturated rings. The minimum atomic E-state index is -0.0366. The fraction of sp³-hybridized carbons (Fsp3) is 0.875. The second-order valence-corrected chi connectivity index (χ2v) is 6.76. The Bertz CT molecular complexity index is 372. The maximum absolute atomic E-state index is 12.0. The Morgan fingerprint density at radius 3 is 2.29 bits per heavy atom. The van der Waals surface area contributed by atoms with Gasteiger partial charge in [0.1, 0.15) is 0 Å². The number of rotatable bonds is 5. The normalized spacial score (nSPS) is 22.4. The predicted octanol–water partition coefficient (Wildman–Crippen LogP) is 1.09. The van der Waals surface area contributed by atoms with Crippen LogP contribution >= 0.6 is 0 Å². The summed E-state index contributed by atoms with van der Waals surface area (Å²) in [6.07, 6.45) is 5.46. The highest BCUT2D eigenvalue weighted by molar-refractivity contribution is 5.81. The van der Waals surface area contributed by atoms with Gasteiger partial charge in [-0.15, -0.1) is 0 Å². The summed E-state index contributed by atoms with van der Waals surface area (Å²) in [5.41, 5.74) is 0. The lowest BCUT2D eigenvalue weighted by Gasteiger charge is -2.36. The molecule has 1 unspecified atom stereocenters. The summed E-state index contributed by atoms with van der Waals surface area (Å²) in [7, 11) is 3.61. The van der Waals surface area contributed by atoms with E-state index < -0.39 is 0 Å². The average Bonchev–Trinajstić information content (AvgIpc) is 2.42. The summed E-state index contributed by atoms with van der Waals surface area (Å²) in [6.45, 7) is 4.69. The lowest BCUT2D eigenvalue weighted by atomic mass is 9.84. The molecule has 1 saturated heterocycles. The number of hydrogen-bond donors (Lipinski definition) is 1. The molecular weight excluding hydrogens is 266 g/mol. The highest BCUT2D eigenvalue weighted by Gasteiger charge is 2.29. The van der Waals surface area contributed by atoms with Crippen LogP contribution < -0.4 is 5.32 Å². The van der Waals surface area contributed by atoms with Gasteiger partial charge >= 0.3 is 0 Å². The van der Waals surface area contributed by atoms with E-state index in [0.29, 0.717) is 5.92 Å². The summed E-state index contributed by atoms with van der Waals surface area (Å²) >= 11 is 0. The third-order valence-electron chi connectivity index (χ3n) is 5.04. The molecule has 1 aliphatic heterocycles. The molecule has 0 aromatic carbocycles. The Morgan fingerprint density at radius 1 is 1.19 bits per heavy atom. The first-order valence-electron chi connectivity index (χ1n) is 8.22. The number of nitrogens with one attached hydrogen (secondary N) is 1. The molecule has 0 radical (unpaired) electrons. The maximum Gasteiger partial charge on any atom is 0.239 e. The van der Waals surface area contributed by atoms with Crippen LogP contribution in [-0.4, -0.2) is 61.4 Å². The van der Waals surface area contributed by atoms with Gasteiger partial charge in [-0.1, -0.05) is 6.42 Å². The van der Waals surface area contributed by atoms with Crippen LogP contribution in [0.15, 0.2) is 0 Å². The molecule has 1 heterocycles. The molecule has 1 N–H and O–H groups in total. The SMILES string of the molecule is CC(C(=O)N(C)C)N1CCC(CNC(=O)C2CCC2)CC1. The van der Waals surface area contributed by atoms with Crippen molar-refractivity contribution in [2.45, 2.75) is 45.1 Å². The van der Waals surface area contributed by atoms with Gasteiger partial charge in [-0.25, -0.2) is 0 Å². The number of carbonyl (C=O) groups is 2. The molecule has 0 aromatic heterocycles. The van der Waals surface area contributed by atoms with Crippen molar-refractivity contribution in [2.24, 2.45) is 11.8 Å². The Kier molecular flexibility index (Phi) is 5.62. The fourth-order valence-corrected chi connectivity index (χ4v) is 3.13. The van der Waals surface area contributed by atoms with Gasteiger partial charge in [-0.05, 0) is 51.6 Å². The van der Waals surface area contributed by atoms with Crippen LogP contribution in [0.25, 0.3) is 0 Å². The second-order valence-electron chi connectivity index (χ2n) is 6.76. The molecule has 5 nitrogen and oxygen atoms in total. The van der Waals surface area contributed by atoms with Gasteiger partial charge in [0.2, 0.25) is 11.8 Å². The van der Waals surface area contributed by atoms with E-state index in [1.165, 1.54) is 6.42 Å². The molecule has 1 atom stereocenters. The van der Waals surface area contributed by atoms with E-state index in [2.05, 4.69) is 10.2 Å². The molecule has 21 heavy (non-hydrogen) atoms. The van der Waals surface area contributed by atoms with E-state index in [0.717, 1.165) is 45.3 Å². The van der Waals surface area contributed by atoms with Gasteiger partial charge in [0.25, 0.3) is 0 Å². The molecule has 1 saturated carbocycles. The summed E-state index contributed by atoms with van der Waals surface area (Å²) in [4.78, 5) is 27.7. The standard InChI is InChI=1S/C16H29N3O2/c1-12(16(21)18(2)3)19-9-7-13(8-10-19)11-17-15(20)14-5-4-6-14/h12-14H,4-11H2,1-3H3,(H,17,20). The third-order valence-corrected chi connectivity index (χ3v) is 5.04. The van der Waals surface area contributed by atoms with Gasteiger partial charge < -0.3 is 10.2 Å². The van der Waals surface area contributed by atoms with Crippen LogP contribution in [0.4, 0.5) is 0 Å². The number of hydrogen-bond acceptors (Lipinski definition) is 3. The Labute approximate surface area is 128 Å². The number of likely N-dealkylation sites (tertiary alicyclic amines) is 1. The van der Waals surface area contributed by atoms with Crippen molar-refractivity contribution in [1.29, 1.82) is 0 Å². The quantitative estimate of drug-likeness (QED) is 0.826. The van der Waals surface area contributed by atoms with Crippen LogP contribution in [0, 0.1) is 11.8 Å². The van der Waals surface area contributed by atoms with E-state index in [9.17, 15) is 9.59 Å². The zero-order valence-corrected chi connectivity index (χ0v) is 13.6. The van der Waals surface area contributed by atoms with Crippen molar-refractivity contribution in [2.75, 3.05) is 33.7 Å². The zero-order chi connectivity index (χ0) is 15.4. The Balaban J connectivity index is 1.68. The summed E-state index contributed by atoms with van der Waals surface area (Å²) in [5.74, 6) is 1.27. The van der Waals surface area contributed by atoms with E-state index in [-0.39, 0.29) is 23.8 Å². The van der Waals surface area contributed by atoms with E-state index in [1.54, 1.807) is 4.90 Å². The maximum atomic E-state index is 12.0. The molecule has 120 valence electrons. The molecular formula is C16H29N3O2.